The van der Waals surface area contributed by atoms with Crippen molar-refractivity contribution in [2.24, 2.45) is 5.92 Å². The predicted molar refractivity (Wildman–Crippen MR) is 131 cm³/mol. The standard InChI is InChI=1S/C26H36ClN3O3/c1-26(2)16-31-25(32-33-26)17-3-6-19(7-4-17)29-20-8-10-21(11-9-20)30-23-13-14-28-24-15-18(27)5-12-22(23)24/h5,12-15,17,19-21,25,29H,3-4,6-11,16H2,1-2H3,(H,28,30). The summed E-state index contributed by atoms with van der Waals surface area (Å²) in [5.41, 5.74) is 1.75. The van der Waals surface area contributed by atoms with E-state index in [1.807, 2.05) is 32.2 Å². The second-order valence-electron chi connectivity index (χ2n) is 10.6. The lowest BCUT2D eigenvalue weighted by Crippen LogP contribution is -2.47. The molecule has 0 radical (unpaired) electrons. The van der Waals surface area contributed by atoms with Crippen LogP contribution in [0.4, 0.5) is 5.69 Å². The lowest BCUT2D eigenvalue weighted by atomic mass is 9.84. The molecule has 2 aromatic rings. The summed E-state index contributed by atoms with van der Waals surface area (Å²) in [6.45, 7) is 4.57. The van der Waals surface area contributed by atoms with Crippen LogP contribution >= 0.6 is 11.6 Å². The van der Waals surface area contributed by atoms with Gasteiger partial charge in [0.05, 0.1) is 12.1 Å². The number of pyridine rings is 1. The Bertz CT molecular complexity index is 930. The molecular weight excluding hydrogens is 438 g/mol. The summed E-state index contributed by atoms with van der Waals surface area (Å²) in [5, 5.41) is 9.58. The van der Waals surface area contributed by atoms with Crippen molar-refractivity contribution in [3.05, 3.63) is 35.5 Å². The molecular formula is C26H36ClN3O3. The Morgan fingerprint density at radius 3 is 2.33 bits per heavy atom. The summed E-state index contributed by atoms with van der Waals surface area (Å²) >= 11 is 6.13. The predicted octanol–water partition coefficient (Wildman–Crippen LogP) is 5.84. The molecule has 1 aromatic carbocycles. The Labute approximate surface area is 201 Å². The summed E-state index contributed by atoms with van der Waals surface area (Å²) in [6.07, 6.45) is 11.1. The van der Waals surface area contributed by atoms with Crippen molar-refractivity contribution < 1.29 is 14.5 Å². The molecule has 1 aliphatic heterocycles. The first-order valence-corrected chi connectivity index (χ1v) is 12.9. The SMILES string of the molecule is CC1(C)COC(C2CCC(NC3CCC(Nc4ccnc5cc(Cl)ccc45)CC3)CC2)OO1. The molecule has 2 saturated carbocycles. The van der Waals surface area contributed by atoms with Crippen LogP contribution in [0.25, 0.3) is 10.9 Å². The number of nitrogens with one attached hydrogen (secondary N) is 2. The lowest BCUT2D eigenvalue weighted by molar-refractivity contribution is -0.474. The van der Waals surface area contributed by atoms with Crippen LogP contribution in [0.1, 0.15) is 65.2 Å². The summed E-state index contributed by atoms with van der Waals surface area (Å²) in [7, 11) is 0. The van der Waals surface area contributed by atoms with Crippen molar-refractivity contribution in [3.63, 3.8) is 0 Å². The van der Waals surface area contributed by atoms with Crippen LogP contribution in [0.2, 0.25) is 5.02 Å². The molecule has 3 fully saturated rings. The number of halogens is 1. The van der Waals surface area contributed by atoms with E-state index in [0.717, 1.165) is 34.5 Å². The fraction of sp³-hybridized carbons (Fsp3) is 0.654. The van der Waals surface area contributed by atoms with Gasteiger partial charge in [-0.15, -0.1) is 0 Å². The number of ether oxygens (including phenoxy) is 1. The first-order chi connectivity index (χ1) is 15.9. The van der Waals surface area contributed by atoms with Gasteiger partial charge in [-0.05, 0) is 89.5 Å². The fourth-order valence-electron chi connectivity index (χ4n) is 5.49. The number of benzene rings is 1. The van der Waals surface area contributed by atoms with Gasteiger partial charge < -0.3 is 15.4 Å². The maximum absolute atomic E-state index is 6.13. The van der Waals surface area contributed by atoms with E-state index in [0.29, 0.717) is 30.7 Å². The molecule has 2 N–H and O–H groups in total. The average Bonchev–Trinajstić information content (AvgIpc) is 2.81. The number of nitrogens with zero attached hydrogens (tertiary/aromatic N) is 1. The highest BCUT2D eigenvalue weighted by atomic mass is 35.5. The molecule has 33 heavy (non-hydrogen) atoms. The maximum Gasteiger partial charge on any atom is 0.194 e. The summed E-state index contributed by atoms with van der Waals surface area (Å²) < 4.78 is 5.93. The number of rotatable bonds is 5. The second-order valence-corrected chi connectivity index (χ2v) is 11.0. The van der Waals surface area contributed by atoms with E-state index >= 15 is 0 Å². The van der Waals surface area contributed by atoms with Crippen LogP contribution in [-0.2, 0) is 14.5 Å². The highest BCUT2D eigenvalue weighted by Gasteiger charge is 2.37. The monoisotopic (exact) mass is 473 g/mol. The Morgan fingerprint density at radius 1 is 0.939 bits per heavy atom. The Balaban J connectivity index is 1.06. The first kappa shape index (κ1) is 23.3. The minimum atomic E-state index is -0.346. The van der Waals surface area contributed by atoms with Gasteiger partial charge in [0.2, 0.25) is 0 Å². The smallest absolute Gasteiger partial charge is 0.194 e. The van der Waals surface area contributed by atoms with Gasteiger partial charge in [-0.3, -0.25) is 4.98 Å². The van der Waals surface area contributed by atoms with Crippen molar-refractivity contribution in [2.75, 3.05) is 11.9 Å². The number of anilines is 1. The van der Waals surface area contributed by atoms with Crippen LogP contribution in [-0.4, -0.2) is 41.6 Å². The molecule has 180 valence electrons. The molecule has 1 unspecified atom stereocenters. The molecule has 0 bridgehead atoms. The van der Waals surface area contributed by atoms with Crippen molar-refractivity contribution in [3.8, 4) is 0 Å². The average molecular weight is 474 g/mol. The van der Waals surface area contributed by atoms with Gasteiger partial charge >= 0.3 is 0 Å². The van der Waals surface area contributed by atoms with Crippen molar-refractivity contribution >= 4 is 28.2 Å². The molecule has 2 heterocycles. The zero-order chi connectivity index (χ0) is 22.8. The molecule has 6 nitrogen and oxygen atoms in total. The third kappa shape index (κ3) is 5.80. The van der Waals surface area contributed by atoms with E-state index in [4.69, 9.17) is 26.1 Å². The van der Waals surface area contributed by atoms with Crippen LogP contribution in [0.5, 0.6) is 0 Å². The van der Waals surface area contributed by atoms with Crippen LogP contribution in [0.15, 0.2) is 30.5 Å². The summed E-state index contributed by atoms with van der Waals surface area (Å²) in [6, 6.07) is 9.72. The van der Waals surface area contributed by atoms with Gasteiger partial charge in [0.1, 0.15) is 5.60 Å². The fourth-order valence-corrected chi connectivity index (χ4v) is 5.66. The van der Waals surface area contributed by atoms with E-state index < -0.39 is 0 Å². The van der Waals surface area contributed by atoms with E-state index in [1.54, 1.807) is 0 Å². The van der Waals surface area contributed by atoms with E-state index in [9.17, 15) is 0 Å². The molecule has 1 saturated heterocycles. The lowest BCUT2D eigenvalue weighted by Gasteiger charge is -2.40. The normalized spacial score (nSPS) is 32.5. The Hall–Kier alpha value is -1.44. The van der Waals surface area contributed by atoms with Gasteiger partial charge in [0.15, 0.2) is 6.29 Å². The summed E-state index contributed by atoms with van der Waals surface area (Å²) in [5.74, 6) is 0.434. The van der Waals surface area contributed by atoms with Gasteiger partial charge in [-0.1, -0.05) is 11.6 Å². The number of hydrogen-bond donors (Lipinski definition) is 2. The van der Waals surface area contributed by atoms with Gasteiger partial charge in [0.25, 0.3) is 0 Å². The Morgan fingerprint density at radius 2 is 1.64 bits per heavy atom. The van der Waals surface area contributed by atoms with Crippen molar-refractivity contribution in [2.45, 2.75) is 95.2 Å². The maximum atomic E-state index is 6.13. The third-order valence-electron chi connectivity index (χ3n) is 7.38. The quantitative estimate of drug-likeness (QED) is 0.531. The number of aromatic nitrogens is 1. The number of hydrogen-bond acceptors (Lipinski definition) is 6. The minimum Gasteiger partial charge on any atom is -0.382 e. The highest BCUT2D eigenvalue weighted by Crippen LogP contribution is 2.34. The van der Waals surface area contributed by atoms with Gasteiger partial charge in [-0.25, -0.2) is 9.78 Å². The largest absolute Gasteiger partial charge is 0.382 e. The molecule has 0 amide bonds. The van der Waals surface area contributed by atoms with E-state index in [1.165, 1.54) is 38.5 Å². The molecule has 3 aliphatic rings. The van der Waals surface area contributed by atoms with Gasteiger partial charge in [0, 0.05) is 46.3 Å². The first-order valence-electron chi connectivity index (χ1n) is 12.5. The molecule has 2 aliphatic carbocycles. The summed E-state index contributed by atoms with van der Waals surface area (Å²) in [4.78, 5) is 15.5. The zero-order valence-electron chi connectivity index (χ0n) is 19.7. The van der Waals surface area contributed by atoms with Crippen LogP contribution in [0.3, 0.4) is 0 Å². The highest BCUT2D eigenvalue weighted by molar-refractivity contribution is 6.31. The van der Waals surface area contributed by atoms with Crippen molar-refractivity contribution in [1.29, 1.82) is 0 Å². The molecule has 1 atom stereocenters. The van der Waals surface area contributed by atoms with E-state index in [2.05, 4.69) is 27.8 Å². The van der Waals surface area contributed by atoms with Gasteiger partial charge in [-0.2, -0.15) is 0 Å². The second kappa shape index (κ2) is 10.0. The molecule has 5 rings (SSSR count). The molecule has 0 spiro atoms. The van der Waals surface area contributed by atoms with Crippen molar-refractivity contribution in [1.82, 2.24) is 10.3 Å². The third-order valence-corrected chi connectivity index (χ3v) is 7.62. The molecule has 1 aromatic heterocycles. The molecule has 7 heteroatoms. The van der Waals surface area contributed by atoms with Crippen LogP contribution < -0.4 is 10.6 Å². The Kier molecular flexibility index (Phi) is 7.09. The van der Waals surface area contributed by atoms with E-state index in [-0.39, 0.29) is 11.9 Å². The minimum absolute atomic E-state index is 0.208. The van der Waals surface area contributed by atoms with Crippen LogP contribution in [0, 0.1) is 5.92 Å². The number of fused-ring (bicyclic) bond motifs is 1. The topological polar surface area (TPSA) is 64.6 Å². The zero-order valence-corrected chi connectivity index (χ0v) is 20.4.